The van der Waals surface area contributed by atoms with Crippen molar-refractivity contribution in [1.82, 2.24) is 10.3 Å². The number of piperidine rings is 1. The van der Waals surface area contributed by atoms with Gasteiger partial charge in [0, 0.05) is 11.6 Å². The summed E-state index contributed by atoms with van der Waals surface area (Å²) < 4.78 is 6.07. The first-order valence-electron chi connectivity index (χ1n) is 8.31. The van der Waals surface area contributed by atoms with Crippen LogP contribution in [0.4, 0.5) is 0 Å². The number of hydrogen-bond acceptors (Lipinski definition) is 3. The largest absolute Gasteiger partial charge is 0.490 e. The van der Waals surface area contributed by atoms with Crippen molar-refractivity contribution < 1.29 is 4.74 Å². The molecule has 0 saturated carbocycles. The molecule has 0 aliphatic carbocycles. The molecule has 0 unspecified atom stereocenters. The van der Waals surface area contributed by atoms with E-state index in [-0.39, 0.29) is 0 Å². The van der Waals surface area contributed by atoms with Gasteiger partial charge in [0.25, 0.3) is 0 Å². The molecule has 0 amide bonds. The molecule has 0 bridgehead atoms. The van der Waals surface area contributed by atoms with E-state index in [9.17, 15) is 0 Å². The molecule has 2 aromatic carbocycles. The molecule has 0 radical (unpaired) electrons. The average molecular weight is 339 g/mol. The number of fused-ring (bicyclic) bond motifs is 1. The standard InChI is InChI=1S/C20H19ClN2O/c21-20-12-17-11-15(1-2-16(17)13-23-20)14-3-5-18(6-4-14)24-19-7-9-22-10-8-19/h1-6,11-13,19,22H,7-10H2. The van der Waals surface area contributed by atoms with Crippen LogP contribution in [0.1, 0.15) is 12.8 Å². The molecule has 1 fully saturated rings. The van der Waals surface area contributed by atoms with E-state index in [1.165, 1.54) is 5.56 Å². The average Bonchev–Trinajstić information content (AvgIpc) is 2.62. The van der Waals surface area contributed by atoms with Crippen molar-refractivity contribution in [2.45, 2.75) is 18.9 Å². The monoisotopic (exact) mass is 338 g/mol. The maximum absolute atomic E-state index is 6.07. The number of pyridine rings is 1. The van der Waals surface area contributed by atoms with Crippen molar-refractivity contribution in [1.29, 1.82) is 0 Å². The number of halogens is 1. The van der Waals surface area contributed by atoms with Crippen molar-refractivity contribution in [2.75, 3.05) is 13.1 Å². The minimum absolute atomic E-state index is 0.326. The van der Waals surface area contributed by atoms with Gasteiger partial charge in [-0.15, -0.1) is 0 Å². The predicted octanol–water partition coefficient (Wildman–Crippen LogP) is 4.69. The lowest BCUT2D eigenvalue weighted by Crippen LogP contribution is -2.34. The Morgan fingerprint density at radius 3 is 2.46 bits per heavy atom. The fraction of sp³-hybridized carbons (Fsp3) is 0.250. The first-order valence-corrected chi connectivity index (χ1v) is 8.69. The van der Waals surface area contributed by atoms with Gasteiger partial charge in [-0.05, 0) is 66.7 Å². The summed E-state index contributed by atoms with van der Waals surface area (Å²) in [5.41, 5.74) is 2.33. The van der Waals surface area contributed by atoms with Crippen LogP contribution in [0.15, 0.2) is 54.7 Å². The van der Waals surface area contributed by atoms with E-state index in [2.05, 4.69) is 52.8 Å². The molecule has 0 atom stereocenters. The molecule has 2 heterocycles. The Labute approximate surface area is 146 Å². The SMILES string of the molecule is Clc1cc2cc(-c3ccc(OC4CCNCC4)cc3)ccc2cn1. The van der Waals surface area contributed by atoms with Gasteiger partial charge in [-0.25, -0.2) is 4.98 Å². The summed E-state index contributed by atoms with van der Waals surface area (Å²) in [5, 5.41) is 6.07. The van der Waals surface area contributed by atoms with E-state index in [0.29, 0.717) is 11.3 Å². The quantitative estimate of drug-likeness (QED) is 0.704. The first kappa shape index (κ1) is 15.4. The number of ether oxygens (including phenoxy) is 1. The topological polar surface area (TPSA) is 34.1 Å². The number of aromatic nitrogens is 1. The molecule has 1 saturated heterocycles. The van der Waals surface area contributed by atoms with Crippen molar-refractivity contribution in [3.63, 3.8) is 0 Å². The van der Waals surface area contributed by atoms with Gasteiger partial charge < -0.3 is 10.1 Å². The minimum atomic E-state index is 0.326. The third-order valence-electron chi connectivity index (χ3n) is 4.46. The maximum atomic E-state index is 6.07. The van der Waals surface area contributed by atoms with E-state index < -0.39 is 0 Å². The third-order valence-corrected chi connectivity index (χ3v) is 4.67. The smallest absolute Gasteiger partial charge is 0.129 e. The Bertz CT molecular complexity index is 842. The number of hydrogen-bond donors (Lipinski definition) is 1. The van der Waals surface area contributed by atoms with E-state index in [0.717, 1.165) is 48.0 Å². The van der Waals surface area contributed by atoms with E-state index >= 15 is 0 Å². The Balaban J connectivity index is 1.55. The second-order valence-corrected chi connectivity index (χ2v) is 6.55. The number of nitrogens with zero attached hydrogens (tertiary/aromatic N) is 1. The summed E-state index contributed by atoms with van der Waals surface area (Å²) in [6.07, 6.45) is 4.27. The van der Waals surface area contributed by atoms with Crippen molar-refractivity contribution in [3.8, 4) is 16.9 Å². The highest BCUT2D eigenvalue weighted by molar-refractivity contribution is 6.30. The van der Waals surface area contributed by atoms with Gasteiger partial charge in [-0.1, -0.05) is 35.9 Å². The highest BCUT2D eigenvalue weighted by Crippen LogP contribution is 2.27. The predicted molar refractivity (Wildman–Crippen MR) is 98.7 cm³/mol. The van der Waals surface area contributed by atoms with Gasteiger partial charge >= 0.3 is 0 Å². The lowest BCUT2D eigenvalue weighted by atomic mass is 10.0. The number of rotatable bonds is 3. The van der Waals surface area contributed by atoms with Gasteiger partial charge in [0.05, 0.1) is 0 Å². The Hall–Kier alpha value is -2.10. The molecular weight excluding hydrogens is 320 g/mol. The summed E-state index contributed by atoms with van der Waals surface area (Å²) in [6.45, 7) is 2.08. The molecule has 3 aromatic rings. The van der Waals surface area contributed by atoms with Gasteiger partial charge in [-0.2, -0.15) is 0 Å². The lowest BCUT2D eigenvalue weighted by molar-refractivity contribution is 0.162. The van der Waals surface area contributed by atoms with Crippen LogP contribution in [0, 0.1) is 0 Å². The molecule has 1 aliphatic heterocycles. The zero-order valence-corrected chi connectivity index (χ0v) is 14.1. The third kappa shape index (κ3) is 3.37. The molecule has 3 nitrogen and oxygen atoms in total. The normalized spacial score (nSPS) is 15.5. The van der Waals surface area contributed by atoms with Crippen molar-refractivity contribution in [2.24, 2.45) is 0 Å². The second-order valence-electron chi connectivity index (χ2n) is 6.16. The van der Waals surface area contributed by atoms with Gasteiger partial charge in [0.1, 0.15) is 17.0 Å². The molecule has 24 heavy (non-hydrogen) atoms. The molecule has 122 valence electrons. The molecule has 0 spiro atoms. The molecular formula is C20H19ClN2O. The molecule has 1 N–H and O–H groups in total. The van der Waals surface area contributed by atoms with E-state index in [1.54, 1.807) is 6.20 Å². The molecule has 1 aromatic heterocycles. The van der Waals surface area contributed by atoms with Crippen molar-refractivity contribution >= 4 is 22.4 Å². The van der Waals surface area contributed by atoms with Crippen LogP contribution in [0.3, 0.4) is 0 Å². The molecule has 4 heteroatoms. The first-order chi connectivity index (χ1) is 11.8. The number of nitrogens with one attached hydrogen (secondary N) is 1. The summed E-state index contributed by atoms with van der Waals surface area (Å²) >= 11 is 6.00. The highest BCUT2D eigenvalue weighted by atomic mass is 35.5. The summed E-state index contributed by atoms with van der Waals surface area (Å²) in [5.74, 6) is 0.943. The van der Waals surface area contributed by atoms with Gasteiger partial charge in [0.2, 0.25) is 0 Å². The molecule has 1 aliphatic rings. The van der Waals surface area contributed by atoms with Crippen LogP contribution in [-0.2, 0) is 0 Å². The second kappa shape index (κ2) is 6.80. The van der Waals surface area contributed by atoms with Crippen LogP contribution in [0.25, 0.3) is 21.9 Å². The Kier molecular flexibility index (Phi) is 4.37. The van der Waals surface area contributed by atoms with Gasteiger partial charge in [0.15, 0.2) is 0 Å². The van der Waals surface area contributed by atoms with E-state index in [1.807, 2.05) is 6.07 Å². The summed E-state index contributed by atoms with van der Waals surface area (Å²) in [7, 11) is 0. The van der Waals surface area contributed by atoms with Crippen LogP contribution in [-0.4, -0.2) is 24.2 Å². The van der Waals surface area contributed by atoms with Crippen molar-refractivity contribution in [3.05, 3.63) is 59.9 Å². The Morgan fingerprint density at radius 1 is 0.917 bits per heavy atom. The zero-order valence-electron chi connectivity index (χ0n) is 13.3. The van der Waals surface area contributed by atoms with Crippen LogP contribution in [0.2, 0.25) is 5.15 Å². The van der Waals surface area contributed by atoms with Crippen LogP contribution in [0.5, 0.6) is 5.75 Å². The van der Waals surface area contributed by atoms with Gasteiger partial charge in [-0.3, -0.25) is 0 Å². The zero-order chi connectivity index (χ0) is 16.4. The minimum Gasteiger partial charge on any atom is -0.490 e. The molecule has 4 rings (SSSR count). The summed E-state index contributed by atoms with van der Waals surface area (Å²) in [6, 6.07) is 16.6. The fourth-order valence-corrected chi connectivity index (χ4v) is 3.29. The number of benzene rings is 2. The Morgan fingerprint density at radius 2 is 1.67 bits per heavy atom. The van der Waals surface area contributed by atoms with Crippen LogP contribution >= 0.6 is 11.6 Å². The fourth-order valence-electron chi connectivity index (χ4n) is 3.13. The summed E-state index contributed by atoms with van der Waals surface area (Å²) in [4.78, 5) is 4.12. The maximum Gasteiger partial charge on any atom is 0.129 e. The van der Waals surface area contributed by atoms with Crippen LogP contribution < -0.4 is 10.1 Å². The van der Waals surface area contributed by atoms with E-state index in [4.69, 9.17) is 16.3 Å². The lowest BCUT2D eigenvalue weighted by Gasteiger charge is -2.23. The highest BCUT2D eigenvalue weighted by Gasteiger charge is 2.14.